The Morgan fingerprint density at radius 1 is 1.23 bits per heavy atom. The molecule has 1 heterocycles. The molecule has 2 aliphatic rings. The van der Waals surface area contributed by atoms with E-state index in [1.165, 1.54) is 75.3 Å². The zero-order chi connectivity index (χ0) is 18.4. The molecule has 4 heteroatoms. The Labute approximate surface area is 171 Å². The Morgan fingerprint density at radius 2 is 1.92 bits per heavy atom. The van der Waals surface area contributed by atoms with Gasteiger partial charge in [-0.2, -0.15) is 0 Å². The van der Waals surface area contributed by atoms with Gasteiger partial charge in [-0.05, 0) is 37.3 Å². The van der Waals surface area contributed by atoms with E-state index in [0.29, 0.717) is 0 Å². The molecule has 0 aromatic heterocycles. The van der Waals surface area contributed by atoms with Gasteiger partial charge in [-0.3, -0.25) is 4.79 Å². The Hall–Kier alpha value is -1.25. The Kier molecular flexibility index (Phi) is 8.92. The van der Waals surface area contributed by atoms with Crippen molar-refractivity contribution in [2.75, 3.05) is 6.54 Å². The molecule has 26 heavy (non-hydrogen) atoms. The molecule has 0 fully saturated rings. The minimum atomic E-state index is 0. The summed E-state index contributed by atoms with van der Waals surface area (Å²) in [5.74, 6) is 0.250. The third-order valence-corrected chi connectivity index (χ3v) is 4.85. The average Bonchev–Trinajstić information content (AvgIpc) is 2.53. The van der Waals surface area contributed by atoms with Crippen molar-refractivity contribution in [3.05, 3.63) is 46.7 Å². The molecular weight excluding hydrogens is 502 g/mol. The van der Waals surface area contributed by atoms with E-state index in [-0.39, 0.29) is 37.1 Å². The number of aliphatic imine (C=N–C) groups is 1. The predicted octanol–water partition coefficient (Wildman–Crippen LogP) is 4.99. The summed E-state index contributed by atoms with van der Waals surface area (Å²) in [6.45, 7) is 8.66. The minimum Gasteiger partial charge on any atom is -0.512 e. The number of aliphatic hydroxyl groups excluding tert-OH is 1. The number of benzene rings is 1. The zero-order valence-corrected chi connectivity index (χ0v) is 18.8. The number of hydrogen-bond acceptors (Lipinski definition) is 2. The molecular formula is C22H31IrNO2. The van der Waals surface area contributed by atoms with Crippen LogP contribution in [0, 0.1) is 11.5 Å². The van der Waals surface area contributed by atoms with Crippen LogP contribution in [0.15, 0.2) is 29.0 Å². The number of ketones is 1. The summed E-state index contributed by atoms with van der Waals surface area (Å²) in [6.07, 6.45) is 8.88. The van der Waals surface area contributed by atoms with Crippen LogP contribution in [0.3, 0.4) is 0 Å². The topological polar surface area (TPSA) is 54.0 Å². The van der Waals surface area contributed by atoms with Crippen molar-refractivity contribution in [3.63, 3.8) is 0 Å². The molecule has 0 saturated carbocycles. The van der Waals surface area contributed by atoms with Gasteiger partial charge in [0.25, 0.3) is 0 Å². The van der Waals surface area contributed by atoms with E-state index in [1.54, 1.807) is 5.56 Å². The van der Waals surface area contributed by atoms with Gasteiger partial charge in [0.05, 0.1) is 18.8 Å². The van der Waals surface area contributed by atoms with Crippen molar-refractivity contribution in [1.29, 1.82) is 0 Å². The van der Waals surface area contributed by atoms with E-state index >= 15 is 0 Å². The van der Waals surface area contributed by atoms with Crippen LogP contribution in [0.4, 0.5) is 0 Å². The molecule has 1 aromatic carbocycles. The Morgan fingerprint density at radius 3 is 2.50 bits per heavy atom. The van der Waals surface area contributed by atoms with Crippen molar-refractivity contribution in [2.24, 2.45) is 10.4 Å². The van der Waals surface area contributed by atoms with Gasteiger partial charge in [0, 0.05) is 26.7 Å². The second kappa shape index (κ2) is 10.2. The second-order valence-corrected chi connectivity index (χ2v) is 7.71. The van der Waals surface area contributed by atoms with Crippen LogP contribution in [0.2, 0.25) is 0 Å². The molecule has 1 aromatic rings. The smallest absolute Gasteiger partial charge is 0.316 e. The molecule has 2 N–H and O–H groups in total. The standard InChI is InChI=1S/C17H22N.C5H8O2.Ir/c1-17(2)11-6-12-18-16(17)15-10-5-8-13-7-3-4-9-14(13)15;1-4(6)3-5(2)7;/h5,8H,3-4,6-7,9,11-12H2,1-2H3;3,6H,1-2H3;/q-1;;/p+1/b;4-3-;. The molecule has 1 aliphatic heterocycles. The van der Waals surface area contributed by atoms with Crippen LogP contribution in [0.1, 0.15) is 70.1 Å². The maximum Gasteiger partial charge on any atom is 0.316 e. The van der Waals surface area contributed by atoms with Crippen molar-refractivity contribution in [2.45, 2.75) is 66.2 Å². The fraction of sp³-hybridized carbons (Fsp3) is 0.545. The summed E-state index contributed by atoms with van der Waals surface area (Å²) in [5.41, 5.74) is 5.95. The van der Waals surface area contributed by atoms with Gasteiger partial charge < -0.3 is 10.1 Å². The molecule has 0 saturated heterocycles. The monoisotopic (exact) mass is 534 g/mol. The number of aliphatic hydroxyl groups is 1. The first-order chi connectivity index (χ1) is 11.8. The Bertz CT molecular complexity index is 685. The normalized spacial score (nSPS) is 18.5. The van der Waals surface area contributed by atoms with Crippen molar-refractivity contribution < 1.29 is 30.0 Å². The number of carbonyl (C=O) groups excluding carboxylic acids is 1. The van der Waals surface area contributed by atoms with Gasteiger partial charge in [-0.25, -0.2) is 0 Å². The van der Waals surface area contributed by atoms with Gasteiger partial charge in [-0.15, -0.1) is 34.9 Å². The number of fused-ring (bicyclic) bond motifs is 1. The number of nitrogens with zero attached hydrogens (tertiary/aromatic N) is 1. The quantitative estimate of drug-likeness (QED) is 0.248. The third kappa shape index (κ3) is 6.17. The van der Waals surface area contributed by atoms with Crippen LogP contribution in [-0.2, 0) is 32.9 Å². The van der Waals surface area contributed by atoms with Crippen molar-refractivity contribution in [1.82, 2.24) is 0 Å². The molecule has 3 nitrogen and oxygen atoms in total. The van der Waals surface area contributed by atoms with Crippen LogP contribution in [0.25, 0.3) is 0 Å². The summed E-state index contributed by atoms with van der Waals surface area (Å²) in [7, 11) is 0. The summed E-state index contributed by atoms with van der Waals surface area (Å²) < 4.78 is 0. The molecule has 1 aliphatic carbocycles. The van der Waals surface area contributed by atoms with Gasteiger partial charge in [0.2, 0.25) is 0 Å². The van der Waals surface area contributed by atoms with Crippen LogP contribution >= 0.6 is 0 Å². The van der Waals surface area contributed by atoms with Crippen molar-refractivity contribution in [3.8, 4) is 0 Å². The van der Waals surface area contributed by atoms with Crippen LogP contribution in [0.5, 0.6) is 0 Å². The zero-order valence-electron chi connectivity index (χ0n) is 16.4. The van der Waals surface area contributed by atoms with E-state index < -0.39 is 0 Å². The van der Waals surface area contributed by atoms with E-state index in [0.717, 1.165) is 6.54 Å². The molecule has 145 valence electrons. The molecule has 0 amide bonds. The third-order valence-electron chi connectivity index (χ3n) is 4.85. The van der Waals surface area contributed by atoms with E-state index in [2.05, 4.69) is 32.0 Å². The number of hydrogen-bond donors (Lipinski definition) is 1. The van der Waals surface area contributed by atoms with E-state index in [9.17, 15) is 0 Å². The van der Waals surface area contributed by atoms with Gasteiger partial charge >= 0.3 is 5.78 Å². The fourth-order valence-electron chi connectivity index (χ4n) is 3.69. The van der Waals surface area contributed by atoms with E-state index in [4.69, 9.17) is 14.9 Å². The molecule has 0 atom stereocenters. The maximum atomic E-state index is 8.40. The van der Waals surface area contributed by atoms with Gasteiger partial charge in [0.1, 0.15) is 0 Å². The minimum absolute atomic E-state index is 0. The van der Waals surface area contributed by atoms with Crippen LogP contribution < -0.4 is 0 Å². The fourth-order valence-corrected chi connectivity index (χ4v) is 3.69. The number of allylic oxidation sites excluding steroid dienone is 2. The first-order valence-corrected chi connectivity index (χ1v) is 9.29. The summed E-state index contributed by atoms with van der Waals surface area (Å²) >= 11 is 0. The maximum absolute atomic E-state index is 8.40. The molecule has 0 unspecified atom stereocenters. The first-order valence-electron chi connectivity index (χ1n) is 9.29. The van der Waals surface area contributed by atoms with E-state index in [1.807, 2.05) is 0 Å². The Balaban J connectivity index is 0.000000366. The molecule has 3 rings (SSSR count). The average molecular weight is 534 g/mol. The summed E-state index contributed by atoms with van der Waals surface area (Å²) in [6, 6.07) is 7.85. The summed E-state index contributed by atoms with van der Waals surface area (Å²) in [5, 5.41) is 8.40. The van der Waals surface area contributed by atoms with Crippen molar-refractivity contribution >= 4 is 11.5 Å². The van der Waals surface area contributed by atoms with Crippen LogP contribution in [-0.4, -0.2) is 27.9 Å². The number of aryl methyl sites for hydroxylation is 1. The van der Waals surface area contributed by atoms with Gasteiger partial charge in [0.15, 0.2) is 0 Å². The van der Waals surface area contributed by atoms with Gasteiger partial charge in [-0.1, -0.05) is 33.1 Å². The predicted molar refractivity (Wildman–Crippen MR) is 105 cm³/mol. The first kappa shape index (κ1) is 22.8. The SMILES string of the molecule is CC(=[OH+])/C=C(/C)O.CC1(C)CCCN=C1c1[c-]ccc2c1CCCC2.[Ir]. The number of rotatable bonds is 2. The summed E-state index contributed by atoms with van der Waals surface area (Å²) in [4.78, 5) is 13.2. The second-order valence-electron chi connectivity index (χ2n) is 7.71. The molecule has 0 bridgehead atoms. The largest absolute Gasteiger partial charge is 0.512 e. The molecule has 0 spiro atoms. The molecule has 1 radical (unpaired) electrons.